The number of fused-ring (bicyclic) bond motifs is 1. The van der Waals surface area contributed by atoms with Crippen LogP contribution in [0, 0.1) is 5.92 Å². The van der Waals surface area contributed by atoms with Crippen LogP contribution in [0.2, 0.25) is 0 Å². The predicted octanol–water partition coefficient (Wildman–Crippen LogP) is 5.36. The molecule has 27 heavy (non-hydrogen) atoms. The van der Waals surface area contributed by atoms with E-state index in [9.17, 15) is 4.79 Å². The van der Waals surface area contributed by atoms with Gasteiger partial charge in [0.2, 0.25) is 0 Å². The van der Waals surface area contributed by atoms with Gasteiger partial charge in [-0.05, 0) is 36.2 Å². The molecule has 1 aromatic carbocycles. The van der Waals surface area contributed by atoms with Gasteiger partial charge in [0.05, 0.1) is 18.7 Å². The first kappa shape index (κ1) is 19.4. The molecule has 0 aliphatic heterocycles. The van der Waals surface area contributed by atoms with Gasteiger partial charge < -0.3 is 14.4 Å². The van der Waals surface area contributed by atoms with Gasteiger partial charge in [-0.25, -0.2) is 9.78 Å². The van der Waals surface area contributed by atoms with E-state index in [0.717, 1.165) is 39.7 Å². The average molecular weight is 431 g/mol. The maximum absolute atomic E-state index is 11.1. The number of carboxylic acids is 1. The van der Waals surface area contributed by atoms with E-state index in [4.69, 9.17) is 9.84 Å². The maximum atomic E-state index is 11.1. The predicted molar refractivity (Wildman–Crippen MR) is 110 cm³/mol. The van der Waals surface area contributed by atoms with Gasteiger partial charge in [-0.15, -0.1) is 0 Å². The molecule has 0 atom stereocenters. The van der Waals surface area contributed by atoms with E-state index < -0.39 is 5.97 Å². The summed E-state index contributed by atoms with van der Waals surface area (Å²) in [4.78, 5) is 15.5. The van der Waals surface area contributed by atoms with Crippen molar-refractivity contribution in [2.45, 2.75) is 33.2 Å². The third kappa shape index (κ3) is 4.50. The molecule has 0 spiro atoms. The highest BCUT2D eigenvalue weighted by atomic mass is 79.9. The number of aromatic carboxylic acids is 1. The number of hydrogen-bond donors (Lipinski definition) is 1. The number of ether oxygens (including phenoxy) is 1. The highest BCUT2D eigenvalue weighted by Gasteiger charge is 2.12. The summed E-state index contributed by atoms with van der Waals surface area (Å²) in [5, 5.41) is 9.94. The van der Waals surface area contributed by atoms with Gasteiger partial charge in [0.25, 0.3) is 0 Å². The summed E-state index contributed by atoms with van der Waals surface area (Å²) in [6, 6.07) is 9.56. The van der Waals surface area contributed by atoms with E-state index in [1.165, 1.54) is 6.20 Å². The Labute approximate surface area is 167 Å². The minimum atomic E-state index is -0.971. The van der Waals surface area contributed by atoms with Crippen molar-refractivity contribution in [1.82, 2.24) is 9.55 Å². The molecule has 3 rings (SSSR count). The van der Waals surface area contributed by atoms with Crippen molar-refractivity contribution in [3.05, 3.63) is 58.3 Å². The molecule has 5 nitrogen and oxygen atoms in total. The summed E-state index contributed by atoms with van der Waals surface area (Å²) < 4.78 is 9.11. The molecule has 0 amide bonds. The van der Waals surface area contributed by atoms with Crippen molar-refractivity contribution < 1.29 is 14.6 Å². The number of nitrogens with zero attached hydrogens (tertiary/aromatic N) is 2. The lowest BCUT2D eigenvalue weighted by molar-refractivity contribution is 0.0696. The van der Waals surface area contributed by atoms with Crippen LogP contribution in [0.3, 0.4) is 0 Å². The van der Waals surface area contributed by atoms with E-state index >= 15 is 0 Å². The number of aromatic nitrogens is 2. The Morgan fingerprint density at radius 3 is 2.74 bits per heavy atom. The fraction of sp³-hybridized carbons (Fsp3) is 0.333. The molecule has 0 saturated carbocycles. The van der Waals surface area contributed by atoms with Gasteiger partial charge in [0, 0.05) is 27.8 Å². The number of rotatable bonds is 8. The van der Waals surface area contributed by atoms with Crippen LogP contribution in [0.4, 0.5) is 0 Å². The third-order valence-corrected chi connectivity index (χ3v) is 5.33. The van der Waals surface area contributed by atoms with Crippen LogP contribution in [0.5, 0.6) is 5.75 Å². The summed E-state index contributed by atoms with van der Waals surface area (Å²) in [6.45, 7) is 5.67. The molecule has 2 aromatic heterocycles. The normalized spacial score (nSPS) is 11.3. The van der Waals surface area contributed by atoms with Crippen LogP contribution in [0.1, 0.15) is 42.6 Å². The van der Waals surface area contributed by atoms with Gasteiger partial charge in [0.15, 0.2) is 0 Å². The molecule has 3 aromatic rings. The van der Waals surface area contributed by atoms with Crippen LogP contribution in [0.15, 0.2) is 47.2 Å². The van der Waals surface area contributed by atoms with Gasteiger partial charge >= 0.3 is 5.97 Å². The number of pyridine rings is 1. The molecule has 1 N–H and O–H groups in total. The number of carbonyl (C=O) groups is 1. The number of benzene rings is 1. The molecule has 0 aliphatic rings. The molecule has 0 aliphatic carbocycles. The van der Waals surface area contributed by atoms with Crippen LogP contribution in [-0.2, 0) is 6.54 Å². The summed E-state index contributed by atoms with van der Waals surface area (Å²) in [5.74, 6) is 0.445. The molecular weight excluding hydrogens is 408 g/mol. The lowest BCUT2D eigenvalue weighted by Gasteiger charge is -2.17. The molecule has 142 valence electrons. The monoisotopic (exact) mass is 430 g/mol. The Bertz CT molecular complexity index is 948. The first-order valence-corrected chi connectivity index (χ1v) is 9.90. The third-order valence-electron chi connectivity index (χ3n) is 4.84. The largest absolute Gasteiger partial charge is 0.493 e. The van der Waals surface area contributed by atoms with Gasteiger partial charge in [-0.2, -0.15) is 0 Å². The van der Waals surface area contributed by atoms with Gasteiger partial charge in [0.1, 0.15) is 11.4 Å². The van der Waals surface area contributed by atoms with Crippen molar-refractivity contribution in [3.63, 3.8) is 0 Å². The zero-order valence-electron chi connectivity index (χ0n) is 15.5. The zero-order chi connectivity index (χ0) is 19.4. The highest BCUT2D eigenvalue weighted by Crippen LogP contribution is 2.27. The van der Waals surface area contributed by atoms with Gasteiger partial charge in [-0.3, -0.25) is 0 Å². The highest BCUT2D eigenvalue weighted by molar-refractivity contribution is 9.10. The Balaban J connectivity index is 1.87. The Morgan fingerprint density at radius 2 is 2.04 bits per heavy atom. The summed E-state index contributed by atoms with van der Waals surface area (Å²) in [7, 11) is 0. The van der Waals surface area contributed by atoms with Crippen LogP contribution in [0.25, 0.3) is 11.0 Å². The summed E-state index contributed by atoms with van der Waals surface area (Å²) in [5.41, 5.74) is 2.00. The minimum absolute atomic E-state index is 0.192. The fourth-order valence-corrected chi connectivity index (χ4v) is 3.46. The molecular formula is C21H23BrN2O3. The Morgan fingerprint density at radius 1 is 1.26 bits per heavy atom. The minimum Gasteiger partial charge on any atom is -0.493 e. The quantitative estimate of drug-likeness (QED) is 0.522. The van der Waals surface area contributed by atoms with Crippen molar-refractivity contribution in [2.24, 2.45) is 5.92 Å². The van der Waals surface area contributed by atoms with Crippen molar-refractivity contribution >= 4 is 32.9 Å². The van der Waals surface area contributed by atoms with E-state index in [1.54, 1.807) is 6.07 Å². The first-order valence-electron chi connectivity index (χ1n) is 9.11. The molecule has 0 fully saturated rings. The fourth-order valence-electron chi connectivity index (χ4n) is 3.05. The molecule has 6 heteroatoms. The molecule has 0 radical (unpaired) electrons. The average Bonchev–Trinajstić information content (AvgIpc) is 3.06. The summed E-state index contributed by atoms with van der Waals surface area (Å²) >= 11 is 3.54. The second-order valence-corrected chi connectivity index (χ2v) is 7.55. The van der Waals surface area contributed by atoms with Crippen LogP contribution in [-0.4, -0.2) is 27.2 Å². The van der Waals surface area contributed by atoms with E-state index in [2.05, 4.69) is 40.8 Å². The molecule has 0 unspecified atom stereocenters. The number of hydrogen-bond acceptors (Lipinski definition) is 3. The first-order chi connectivity index (χ1) is 13.0. The topological polar surface area (TPSA) is 64.3 Å². The molecule has 2 heterocycles. The van der Waals surface area contributed by atoms with E-state index in [0.29, 0.717) is 19.1 Å². The zero-order valence-corrected chi connectivity index (χ0v) is 17.1. The SMILES string of the molecule is CCC(CC)COc1ccc(Br)cc1Cn1ccc2cc(C(=O)O)cnc21. The van der Waals surface area contributed by atoms with Crippen LogP contribution < -0.4 is 4.74 Å². The Kier molecular flexibility index (Phi) is 6.16. The van der Waals surface area contributed by atoms with Gasteiger partial charge in [-0.1, -0.05) is 42.6 Å². The summed E-state index contributed by atoms with van der Waals surface area (Å²) in [6.07, 6.45) is 5.52. The smallest absolute Gasteiger partial charge is 0.337 e. The molecule has 0 saturated heterocycles. The lowest BCUT2D eigenvalue weighted by atomic mass is 10.1. The Hall–Kier alpha value is -2.34. The second-order valence-electron chi connectivity index (χ2n) is 6.63. The maximum Gasteiger partial charge on any atom is 0.337 e. The number of carboxylic acid groups (broad SMARTS) is 1. The van der Waals surface area contributed by atoms with Crippen molar-refractivity contribution in [2.75, 3.05) is 6.61 Å². The molecule has 0 bridgehead atoms. The van der Waals surface area contributed by atoms with E-state index in [1.807, 2.05) is 29.0 Å². The standard InChI is InChI=1S/C21H23BrN2O3/c1-3-14(4-2)13-27-19-6-5-18(22)10-17(19)12-24-8-7-15-9-16(21(25)26)11-23-20(15)24/h5-11,14H,3-4,12-13H2,1-2H3,(H,25,26). The van der Waals surface area contributed by atoms with E-state index in [-0.39, 0.29) is 5.56 Å². The van der Waals surface area contributed by atoms with Crippen molar-refractivity contribution in [3.8, 4) is 5.75 Å². The van der Waals surface area contributed by atoms with Crippen LogP contribution >= 0.6 is 15.9 Å². The van der Waals surface area contributed by atoms with Crippen molar-refractivity contribution in [1.29, 1.82) is 0 Å². The second kappa shape index (κ2) is 8.57. The number of halogens is 1. The lowest BCUT2D eigenvalue weighted by Crippen LogP contribution is -2.12.